The summed E-state index contributed by atoms with van der Waals surface area (Å²) in [4.78, 5) is 10.5. The highest BCUT2D eigenvalue weighted by Gasteiger charge is 2.19. The number of para-hydroxylation sites is 3. The molecule has 0 amide bonds. The van der Waals surface area contributed by atoms with Crippen LogP contribution in [0.25, 0.3) is 100 Å². The average Bonchev–Trinajstić information content (AvgIpc) is 3.79. The zero-order valence-electron chi connectivity index (χ0n) is 31.3. The van der Waals surface area contributed by atoms with Gasteiger partial charge in [-0.05, 0) is 66.6 Å². The van der Waals surface area contributed by atoms with Crippen LogP contribution in [0.15, 0.2) is 200 Å². The van der Waals surface area contributed by atoms with Gasteiger partial charge >= 0.3 is 0 Å². The Hall–Kier alpha value is -7.56. The van der Waals surface area contributed by atoms with Crippen LogP contribution in [0.5, 0.6) is 0 Å². The highest BCUT2D eigenvalue weighted by atomic mass is 15.0. The molecule has 0 aliphatic heterocycles. The van der Waals surface area contributed by atoms with Crippen LogP contribution in [0.3, 0.4) is 0 Å². The molecule has 268 valence electrons. The molecule has 57 heavy (non-hydrogen) atoms. The van der Waals surface area contributed by atoms with Gasteiger partial charge in [0.05, 0.1) is 33.5 Å². The normalized spacial score (nSPS) is 11.6. The Morgan fingerprint density at radius 1 is 0.316 bits per heavy atom. The summed E-state index contributed by atoms with van der Waals surface area (Å²) in [6.45, 7) is 2.13. The zero-order valence-corrected chi connectivity index (χ0v) is 31.3. The Morgan fingerprint density at radius 3 is 1.33 bits per heavy atom. The Morgan fingerprint density at radius 2 is 0.737 bits per heavy atom. The lowest BCUT2D eigenvalue weighted by Gasteiger charge is -2.14. The maximum absolute atomic E-state index is 5.26. The van der Waals surface area contributed by atoms with Crippen LogP contribution in [0.1, 0.15) is 5.56 Å². The van der Waals surface area contributed by atoms with E-state index in [1.807, 2.05) is 12.1 Å². The molecule has 0 spiro atoms. The lowest BCUT2D eigenvalue weighted by molar-refractivity contribution is 1.14. The molecule has 0 bridgehead atoms. The molecular formula is C53H36N4. The molecule has 8 aromatic carbocycles. The lowest BCUT2D eigenvalue weighted by Crippen LogP contribution is -2.00. The fraction of sp³-hybridized carbons (Fsp3) is 0.0189. The molecule has 3 aromatic heterocycles. The van der Waals surface area contributed by atoms with Gasteiger partial charge in [0, 0.05) is 55.2 Å². The molecule has 0 aliphatic carbocycles. The highest BCUT2D eigenvalue weighted by Crippen LogP contribution is 2.39. The van der Waals surface area contributed by atoms with E-state index in [2.05, 4.69) is 204 Å². The van der Waals surface area contributed by atoms with Crippen molar-refractivity contribution in [3.63, 3.8) is 0 Å². The fourth-order valence-electron chi connectivity index (χ4n) is 8.62. The van der Waals surface area contributed by atoms with Crippen LogP contribution in [-0.4, -0.2) is 19.1 Å². The third-order valence-corrected chi connectivity index (χ3v) is 11.3. The van der Waals surface area contributed by atoms with E-state index in [4.69, 9.17) is 9.97 Å². The standard InChI is InChI=1S/C53H36N4/c1-35-51(36-16-5-2-6-17-36)54-53(55-52(35)37-18-7-3-8-19-37)40-29-31-46-44-25-12-14-27-48(44)57(50(46)34-40)42-23-15-20-38(32-42)39-28-30-45-43-24-11-13-26-47(43)56(49(45)33-39)41-21-9-4-10-22-41/h2-34H,1H3. The van der Waals surface area contributed by atoms with Gasteiger partial charge in [0.25, 0.3) is 0 Å². The smallest absolute Gasteiger partial charge is 0.160 e. The SMILES string of the molecule is Cc1c(-c2ccccc2)nc(-c2ccc3c4ccccc4n(-c4cccc(-c5ccc6c7ccccc7n(-c7ccccc7)c6c5)c4)c3c2)nc1-c1ccccc1. The van der Waals surface area contributed by atoms with Crippen molar-refractivity contribution in [3.8, 4) is 56.4 Å². The Kier molecular flexibility index (Phi) is 7.68. The van der Waals surface area contributed by atoms with Crippen molar-refractivity contribution in [2.24, 2.45) is 0 Å². The van der Waals surface area contributed by atoms with E-state index in [1.165, 1.54) is 38.1 Å². The van der Waals surface area contributed by atoms with Crippen molar-refractivity contribution in [3.05, 3.63) is 206 Å². The zero-order chi connectivity index (χ0) is 37.9. The topological polar surface area (TPSA) is 35.6 Å². The lowest BCUT2D eigenvalue weighted by atomic mass is 10.0. The van der Waals surface area contributed by atoms with Gasteiger partial charge in [-0.2, -0.15) is 0 Å². The number of hydrogen-bond donors (Lipinski definition) is 0. The van der Waals surface area contributed by atoms with E-state index in [-0.39, 0.29) is 0 Å². The summed E-state index contributed by atoms with van der Waals surface area (Å²) in [5.74, 6) is 0.702. The number of benzene rings is 8. The average molecular weight is 729 g/mol. The predicted molar refractivity (Wildman–Crippen MR) is 237 cm³/mol. The molecule has 4 heteroatoms. The third-order valence-electron chi connectivity index (χ3n) is 11.3. The van der Waals surface area contributed by atoms with Crippen molar-refractivity contribution < 1.29 is 0 Å². The Balaban J connectivity index is 1.09. The van der Waals surface area contributed by atoms with Gasteiger partial charge in [-0.25, -0.2) is 9.97 Å². The summed E-state index contributed by atoms with van der Waals surface area (Å²) >= 11 is 0. The molecule has 0 saturated heterocycles. The van der Waals surface area contributed by atoms with Crippen LogP contribution >= 0.6 is 0 Å². The van der Waals surface area contributed by atoms with Crippen LogP contribution in [0.4, 0.5) is 0 Å². The number of rotatable bonds is 6. The van der Waals surface area contributed by atoms with E-state index >= 15 is 0 Å². The first-order valence-electron chi connectivity index (χ1n) is 19.4. The van der Waals surface area contributed by atoms with Crippen molar-refractivity contribution in [1.29, 1.82) is 0 Å². The Bertz CT molecular complexity index is 3230. The van der Waals surface area contributed by atoms with Crippen LogP contribution in [0, 0.1) is 6.92 Å². The van der Waals surface area contributed by atoms with Gasteiger partial charge < -0.3 is 9.13 Å². The second-order valence-electron chi connectivity index (χ2n) is 14.7. The molecule has 11 rings (SSSR count). The quantitative estimate of drug-likeness (QED) is 0.171. The third kappa shape index (κ3) is 5.45. The van der Waals surface area contributed by atoms with E-state index in [9.17, 15) is 0 Å². The summed E-state index contributed by atoms with van der Waals surface area (Å²) < 4.78 is 4.77. The second kappa shape index (κ2) is 13.3. The van der Waals surface area contributed by atoms with Gasteiger partial charge in [-0.1, -0.05) is 152 Å². The molecule has 0 atom stereocenters. The van der Waals surface area contributed by atoms with Gasteiger partial charge in [0.1, 0.15) is 0 Å². The van der Waals surface area contributed by atoms with Gasteiger partial charge in [0.15, 0.2) is 5.82 Å². The molecule has 0 unspecified atom stereocenters. The summed E-state index contributed by atoms with van der Waals surface area (Å²) in [6, 6.07) is 71.4. The molecule has 3 heterocycles. The number of fused-ring (bicyclic) bond motifs is 6. The predicted octanol–water partition coefficient (Wildman–Crippen LogP) is 13.6. The van der Waals surface area contributed by atoms with E-state index in [0.717, 1.165) is 61.6 Å². The van der Waals surface area contributed by atoms with E-state index < -0.39 is 0 Å². The molecule has 0 fully saturated rings. The van der Waals surface area contributed by atoms with E-state index in [1.54, 1.807) is 0 Å². The van der Waals surface area contributed by atoms with Crippen LogP contribution < -0.4 is 0 Å². The van der Waals surface area contributed by atoms with Gasteiger partial charge in [-0.15, -0.1) is 0 Å². The molecule has 4 nitrogen and oxygen atoms in total. The van der Waals surface area contributed by atoms with Crippen molar-refractivity contribution in [2.75, 3.05) is 0 Å². The molecule has 0 saturated carbocycles. The number of nitrogens with zero attached hydrogens (tertiary/aromatic N) is 4. The molecular weight excluding hydrogens is 693 g/mol. The molecule has 11 aromatic rings. The Labute approximate surface area is 330 Å². The fourth-order valence-corrected chi connectivity index (χ4v) is 8.62. The maximum atomic E-state index is 5.26. The summed E-state index contributed by atoms with van der Waals surface area (Å²) in [6.07, 6.45) is 0. The molecule has 0 aliphatic rings. The van der Waals surface area contributed by atoms with Crippen LogP contribution in [-0.2, 0) is 0 Å². The summed E-state index contributed by atoms with van der Waals surface area (Å²) in [5, 5.41) is 4.89. The van der Waals surface area contributed by atoms with Gasteiger partial charge in [0.2, 0.25) is 0 Å². The summed E-state index contributed by atoms with van der Waals surface area (Å²) in [7, 11) is 0. The van der Waals surface area contributed by atoms with Crippen molar-refractivity contribution in [1.82, 2.24) is 19.1 Å². The summed E-state index contributed by atoms with van der Waals surface area (Å²) in [5.41, 5.74) is 15.3. The minimum atomic E-state index is 0.702. The van der Waals surface area contributed by atoms with Crippen LogP contribution in [0.2, 0.25) is 0 Å². The maximum Gasteiger partial charge on any atom is 0.160 e. The molecule has 0 N–H and O–H groups in total. The van der Waals surface area contributed by atoms with Gasteiger partial charge in [-0.3, -0.25) is 0 Å². The van der Waals surface area contributed by atoms with Crippen molar-refractivity contribution in [2.45, 2.75) is 6.92 Å². The minimum Gasteiger partial charge on any atom is -0.309 e. The van der Waals surface area contributed by atoms with Crippen molar-refractivity contribution >= 4 is 43.6 Å². The second-order valence-corrected chi connectivity index (χ2v) is 14.7. The first-order valence-corrected chi connectivity index (χ1v) is 19.4. The number of aromatic nitrogens is 4. The monoisotopic (exact) mass is 728 g/mol. The first-order chi connectivity index (χ1) is 28.2. The largest absolute Gasteiger partial charge is 0.309 e. The highest BCUT2D eigenvalue weighted by molar-refractivity contribution is 6.11. The van der Waals surface area contributed by atoms with E-state index in [0.29, 0.717) is 5.82 Å². The number of hydrogen-bond acceptors (Lipinski definition) is 2. The molecule has 0 radical (unpaired) electrons. The first kappa shape index (κ1) is 32.8. The minimum absolute atomic E-state index is 0.702.